The molecule has 1 atom stereocenters. The molecule has 0 amide bonds. The summed E-state index contributed by atoms with van der Waals surface area (Å²) in [5.74, 6) is -1.95. The second-order valence-corrected chi connectivity index (χ2v) is 4.95. The summed E-state index contributed by atoms with van der Waals surface area (Å²) in [5, 5.41) is 20.1. The Balaban J connectivity index is 3.39. The van der Waals surface area contributed by atoms with Crippen molar-refractivity contribution in [3.63, 3.8) is 0 Å². The summed E-state index contributed by atoms with van der Waals surface area (Å²) in [5.41, 5.74) is -0.481. The highest BCUT2D eigenvalue weighted by Gasteiger charge is 2.36. The highest BCUT2D eigenvalue weighted by atomic mass is 16.6. The first-order chi connectivity index (χ1) is 7.75. The van der Waals surface area contributed by atoms with Crippen molar-refractivity contribution >= 4 is 11.7 Å². The van der Waals surface area contributed by atoms with E-state index in [1.165, 1.54) is 18.2 Å². The van der Waals surface area contributed by atoms with Crippen LogP contribution in [0.3, 0.4) is 0 Å². The molecule has 0 saturated carbocycles. The minimum atomic E-state index is -1.05. The smallest absolute Gasteiger partial charge is 0.311 e. The van der Waals surface area contributed by atoms with E-state index in [9.17, 15) is 20.0 Å². The molecule has 0 aliphatic heterocycles. The van der Waals surface area contributed by atoms with Crippen LogP contribution in [-0.2, 0) is 4.79 Å². The number of carbonyl (C=O) groups is 1. The van der Waals surface area contributed by atoms with E-state index in [0.717, 1.165) is 0 Å². The summed E-state index contributed by atoms with van der Waals surface area (Å²) in [7, 11) is 0. The summed E-state index contributed by atoms with van der Waals surface area (Å²) in [4.78, 5) is 21.6. The van der Waals surface area contributed by atoms with Crippen LogP contribution in [0.25, 0.3) is 0 Å². The van der Waals surface area contributed by atoms with Gasteiger partial charge < -0.3 is 5.11 Å². The van der Waals surface area contributed by atoms with E-state index in [0.29, 0.717) is 0 Å². The zero-order chi connectivity index (χ0) is 13.2. The SMILES string of the molecule is CC(C)(C)C(C(=O)O)c1ccccc1[N+](=O)[O-]. The standard InChI is InChI=1S/C12H15NO4/c1-12(2,3)10(11(14)15)8-6-4-5-7-9(8)13(16)17/h4-7,10H,1-3H3,(H,14,15). The Labute approximate surface area is 99.2 Å². The highest BCUT2D eigenvalue weighted by molar-refractivity contribution is 5.78. The molecule has 0 radical (unpaired) electrons. The molecule has 92 valence electrons. The molecule has 0 spiro atoms. The lowest BCUT2D eigenvalue weighted by Crippen LogP contribution is -2.26. The molecule has 0 saturated heterocycles. The van der Waals surface area contributed by atoms with Crippen LogP contribution < -0.4 is 0 Å². The van der Waals surface area contributed by atoms with E-state index in [2.05, 4.69) is 0 Å². The van der Waals surface area contributed by atoms with Crippen molar-refractivity contribution in [1.29, 1.82) is 0 Å². The first-order valence-corrected chi connectivity index (χ1v) is 5.21. The predicted molar refractivity (Wildman–Crippen MR) is 62.9 cm³/mol. The summed E-state index contributed by atoms with van der Waals surface area (Å²) < 4.78 is 0. The first kappa shape index (κ1) is 13.2. The molecule has 5 nitrogen and oxygen atoms in total. The number of nitrogens with zero attached hydrogens (tertiary/aromatic N) is 1. The molecule has 0 bridgehead atoms. The third-order valence-electron chi connectivity index (χ3n) is 2.56. The average Bonchev–Trinajstić information content (AvgIpc) is 2.15. The quantitative estimate of drug-likeness (QED) is 0.647. The van der Waals surface area contributed by atoms with Crippen molar-refractivity contribution < 1.29 is 14.8 Å². The lowest BCUT2D eigenvalue weighted by molar-refractivity contribution is -0.385. The van der Waals surface area contributed by atoms with Crippen molar-refractivity contribution in [2.45, 2.75) is 26.7 Å². The molecule has 0 aliphatic carbocycles. The molecule has 17 heavy (non-hydrogen) atoms. The van der Waals surface area contributed by atoms with Gasteiger partial charge in [-0.1, -0.05) is 39.0 Å². The van der Waals surface area contributed by atoms with Gasteiger partial charge in [-0.3, -0.25) is 14.9 Å². The minimum absolute atomic E-state index is 0.144. The van der Waals surface area contributed by atoms with Crippen LogP contribution in [0.4, 0.5) is 5.69 Å². The molecule has 1 aromatic carbocycles. The maximum absolute atomic E-state index is 11.3. The molecule has 1 rings (SSSR count). The van der Waals surface area contributed by atoms with E-state index < -0.39 is 22.2 Å². The zero-order valence-electron chi connectivity index (χ0n) is 10.0. The van der Waals surface area contributed by atoms with Crippen LogP contribution in [0.5, 0.6) is 0 Å². The van der Waals surface area contributed by atoms with Gasteiger partial charge in [-0.05, 0) is 5.41 Å². The second kappa shape index (κ2) is 4.53. The molecular weight excluding hydrogens is 222 g/mol. The Hall–Kier alpha value is -1.91. The minimum Gasteiger partial charge on any atom is -0.481 e. The maximum atomic E-state index is 11.3. The van der Waals surface area contributed by atoms with Gasteiger partial charge in [-0.2, -0.15) is 0 Å². The Morgan fingerprint density at radius 3 is 2.29 bits per heavy atom. The van der Waals surface area contributed by atoms with Gasteiger partial charge in [0.1, 0.15) is 0 Å². The van der Waals surface area contributed by atoms with Crippen LogP contribution in [0.1, 0.15) is 32.3 Å². The van der Waals surface area contributed by atoms with E-state index in [1.807, 2.05) is 0 Å². The summed E-state index contributed by atoms with van der Waals surface area (Å²) in [6, 6.07) is 5.98. The number of hydrogen-bond donors (Lipinski definition) is 1. The van der Waals surface area contributed by atoms with Crippen LogP contribution in [0, 0.1) is 15.5 Å². The topological polar surface area (TPSA) is 80.4 Å². The fourth-order valence-corrected chi connectivity index (χ4v) is 1.87. The molecule has 0 aliphatic rings. The Morgan fingerprint density at radius 1 is 1.35 bits per heavy atom. The van der Waals surface area contributed by atoms with Crippen molar-refractivity contribution in [2.24, 2.45) is 5.41 Å². The van der Waals surface area contributed by atoms with Gasteiger partial charge in [-0.15, -0.1) is 0 Å². The van der Waals surface area contributed by atoms with Gasteiger partial charge in [0, 0.05) is 11.6 Å². The number of carboxylic acid groups (broad SMARTS) is 1. The average molecular weight is 237 g/mol. The van der Waals surface area contributed by atoms with Gasteiger partial charge in [0.05, 0.1) is 10.8 Å². The number of aliphatic carboxylic acids is 1. The largest absolute Gasteiger partial charge is 0.481 e. The number of benzene rings is 1. The number of para-hydroxylation sites is 1. The molecule has 0 aromatic heterocycles. The second-order valence-electron chi connectivity index (χ2n) is 4.95. The van der Waals surface area contributed by atoms with Gasteiger partial charge in [0.15, 0.2) is 0 Å². The number of carboxylic acids is 1. The van der Waals surface area contributed by atoms with E-state index in [4.69, 9.17) is 0 Å². The van der Waals surface area contributed by atoms with Gasteiger partial charge >= 0.3 is 5.97 Å². The maximum Gasteiger partial charge on any atom is 0.311 e. The van der Waals surface area contributed by atoms with Gasteiger partial charge in [0.25, 0.3) is 5.69 Å². The van der Waals surface area contributed by atoms with Crippen LogP contribution >= 0.6 is 0 Å². The Kier molecular flexibility index (Phi) is 3.50. The van der Waals surface area contributed by atoms with Crippen molar-refractivity contribution in [2.75, 3.05) is 0 Å². The fraction of sp³-hybridized carbons (Fsp3) is 0.417. The molecule has 5 heteroatoms. The lowest BCUT2D eigenvalue weighted by atomic mass is 9.76. The first-order valence-electron chi connectivity index (χ1n) is 5.21. The van der Waals surface area contributed by atoms with E-state index in [-0.39, 0.29) is 11.3 Å². The molecule has 0 fully saturated rings. The summed E-state index contributed by atoms with van der Waals surface area (Å²) in [6.45, 7) is 5.26. The fourth-order valence-electron chi connectivity index (χ4n) is 1.87. The number of nitro benzene ring substituents is 1. The van der Waals surface area contributed by atoms with Crippen LogP contribution in [0.15, 0.2) is 24.3 Å². The van der Waals surface area contributed by atoms with E-state index in [1.54, 1.807) is 26.8 Å². The predicted octanol–water partition coefficient (Wildman–Crippen LogP) is 2.81. The normalized spacial score (nSPS) is 13.1. The lowest BCUT2D eigenvalue weighted by Gasteiger charge is -2.26. The van der Waals surface area contributed by atoms with Gasteiger partial charge in [-0.25, -0.2) is 0 Å². The van der Waals surface area contributed by atoms with Crippen LogP contribution in [0.2, 0.25) is 0 Å². The molecule has 1 N–H and O–H groups in total. The van der Waals surface area contributed by atoms with Crippen molar-refractivity contribution in [3.8, 4) is 0 Å². The summed E-state index contributed by atoms with van der Waals surface area (Å²) >= 11 is 0. The molecule has 1 aromatic rings. The van der Waals surface area contributed by atoms with Crippen molar-refractivity contribution in [1.82, 2.24) is 0 Å². The monoisotopic (exact) mass is 237 g/mol. The number of nitro groups is 1. The number of rotatable bonds is 3. The number of hydrogen-bond acceptors (Lipinski definition) is 3. The molecule has 0 heterocycles. The van der Waals surface area contributed by atoms with Crippen molar-refractivity contribution in [3.05, 3.63) is 39.9 Å². The molecular formula is C12H15NO4. The highest BCUT2D eigenvalue weighted by Crippen LogP contribution is 2.39. The molecule has 1 unspecified atom stereocenters. The van der Waals surface area contributed by atoms with Gasteiger partial charge in [0.2, 0.25) is 0 Å². The Morgan fingerprint density at radius 2 is 1.88 bits per heavy atom. The van der Waals surface area contributed by atoms with Crippen LogP contribution in [-0.4, -0.2) is 16.0 Å². The third-order valence-corrected chi connectivity index (χ3v) is 2.56. The third kappa shape index (κ3) is 2.81. The summed E-state index contributed by atoms with van der Waals surface area (Å²) in [6.07, 6.45) is 0. The Bertz CT molecular complexity index is 448. The van der Waals surface area contributed by atoms with E-state index >= 15 is 0 Å². The zero-order valence-corrected chi connectivity index (χ0v) is 10.0.